The van der Waals surface area contributed by atoms with Crippen LogP contribution in [0.4, 0.5) is 5.82 Å². The highest BCUT2D eigenvalue weighted by atomic mass is 16.5. The molecule has 10 heteroatoms. The number of rotatable bonds is 9. The lowest BCUT2D eigenvalue weighted by molar-refractivity contribution is 0.0999. The van der Waals surface area contributed by atoms with Crippen LogP contribution >= 0.6 is 0 Å². The van der Waals surface area contributed by atoms with Gasteiger partial charge in [-0.3, -0.25) is 4.79 Å². The molecule has 1 heterocycles. The molecule has 0 aliphatic heterocycles. The quantitative estimate of drug-likeness (QED) is 0.213. The second-order valence-electron chi connectivity index (χ2n) is 9.59. The number of amides is 1. The molecule has 0 spiro atoms. The van der Waals surface area contributed by atoms with Gasteiger partial charge in [-0.15, -0.1) is 0 Å². The molecule has 0 radical (unpaired) electrons. The van der Waals surface area contributed by atoms with Gasteiger partial charge in [0.15, 0.2) is 0 Å². The third-order valence-corrected chi connectivity index (χ3v) is 6.98. The summed E-state index contributed by atoms with van der Waals surface area (Å²) in [5.41, 5.74) is 15.8. The van der Waals surface area contributed by atoms with Crippen LogP contribution in [0.25, 0.3) is 10.9 Å². The number of nitrogens with one attached hydrogen (secondary N) is 1. The number of fused-ring (bicyclic) bond motifs is 2. The zero-order valence-electron chi connectivity index (χ0n) is 21.1. The lowest BCUT2D eigenvalue weighted by Gasteiger charge is -2.19. The Bertz CT molecular complexity index is 1500. The summed E-state index contributed by atoms with van der Waals surface area (Å²) in [5, 5.41) is 23.3. The molecule has 1 aliphatic rings. The molecule has 1 aliphatic carbocycles. The Balaban J connectivity index is 1.60. The summed E-state index contributed by atoms with van der Waals surface area (Å²) in [4.78, 5) is 22.1. The first kappa shape index (κ1) is 25.7. The number of hydrogen-bond donors (Lipinski definition) is 5. The van der Waals surface area contributed by atoms with Crippen LogP contribution in [0, 0.1) is 5.92 Å². The molecule has 38 heavy (non-hydrogen) atoms. The van der Waals surface area contributed by atoms with Gasteiger partial charge in [-0.25, -0.2) is 9.97 Å². The van der Waals surface area contributed by atoms with Crippen molar-refractivity contribution in [1.29, 1.82) is 0 Å². The second-order valence-corrected chi connectivity index (χ2v) is 9.59. The van der Waals surface area contributed by atoms with Crippen molar-refractivity contribution in [1.82, 2.24) is 9.97 Å². The first-order valence-corrected chi connectivity index (χ1v) is 12.6. The topological polar surface area (TPSA) is 157 Å². The minimum absolute atomic E-state index is 0.135. The molecule has 0 bridgehead atoms. The molecule has 0 saturated carbocycles. The Morgan fingerprint density at radius 2 is 1.92 bits per heavy atom. The Kier molecular flexibility index (Phi) is 7.28. The average molecular weight is 511 g/mol. The maximum Gasteiger partial charge on any atom is 0.488 e. The average Bonchev–Trinajstić information content (AvgIpc) is 3.26. The molecule has 4 aromatic rings. The molecular formula is C28H30BN5O4. The van der Waals surface area contributed by atoms with Gasteiger partial charge < -0.3 is 31.6 Å². The Hall–Kier alpha value is -3.99. The molecule has 2 atom stereocenters. The van der Waals surface area contributed by atoms with E-state index in [9.17, 15) is 14.8 Å². The molecule has 3 aromatic carbocycles. The summed E-state index contributed by atoms with van der Waals surface area (Å²) in [6.07, 6.45) is 0.699. The molecule has 0 saturated heterocycles. The van der Waals surface area contributed by atoms with E-state index < -0.39 is 13.0 Å². The van der Waals surface area contributed by atoms with Crippen LogP contribution in [0.3, 0.4) is 0 Å². The van der Waals surface area contributed by atoms with Crippen LogP contribution in [0.2, 0.25) is 0 Å². The van der Waals surface area contributed by atoms with Crippen molar-refractivity contribution in [2.45, 2.75) is 25.8 Å². The summed E-state index contributed by atoms with van der Waals surface area (Å²) in [7, 11) is -1.54. The molecule has 5 rings (SSSR count). The third kappa shape index (κ3) is 4.93. The fourth-order valence-corrected chi connectivity index (χ4v) is 5.25. The molecule has 1 aromatic heterocycles. The maximum absolute atomic E-state index is 12.1. The SMILES string of the molecule is CC1Cc2c(C(N)=O)cccc2C1c1nc(NCc2cccc(B(O)O)c2)c2cccc(OCCN)c2n1. The van der Waals surface area contributed by atoms with Gasteiger partial charge in [0.2, 0.25) is 5.91 Å². The standard InChI is InChI=1S/C28H30BN5O4/c1-16-13-22-19(7-3-8-20(22)26(31)35)24(16)28-33-25-21(9-4-10-23(25)38-12-11-30)27(34-28)32-15-17-5-2-6-18(14-17)29(36)37/h2-10,14,16,24,36-37H,11-13,15,30H2,1H3,(H2,31,35)(H,32,33,34). The highest BCUT2D eigenvalue weighted by Crippen LogP contribution is 2.43. The number of nitrogens with zero attached hydrogens (tertiary/aromatic N) is 2. The van der Waals surface area contributed by atoms with E-state index in [2.05, 4.69) is 12.2 Å². The minimum atomic E-state index is -1.54. The number of benzene rings is 3. The highest BCUT2D eigenvalue weighted by molar-refractivity contribution is 6.58. The van der Waals surface area contributed by atoms with E-state index in [1.165, 1.54) is 0 Å². The molecule has 1 amide bonds. The van der Waals surface area contributed by atoms with E-state index in [1.807, 2.05) is 36.4 Å². The molecule has 2 unspecified atom stereocenters. The van der Waals surface area contributed by atoms with Gasteiger partial charge in [0.05, 0.1) is 0 Å². The Labute approximate surface area is 221 Å². The van der Waals surface area contributed by atoms with Gasteiger partial charge in [-0.1, -0.05) is 49.4 Å². The Morgan fingerprint density at radius 3 is 2.68 bits per heavy atom. The maximum atomic E-state index is 12.1. The van der Waals surface area contributed by atoms with Crippen LogP contribution in [-0.4, -0.2) is 46.2 Å². The van der Waals surface area contributed by atoms with Crippen molar-refractivity contribution >= 4 is 35.2 Å². The van der Waals surface area contributed by atoms with Crippen molar-refractivity contribution < 1.29 is 19.6 Å². The van der Waals surface area contributed by atoms with Gasteiger partial charge in [0.25, 0.3) is 0 Å². The molecule has 0 fully saturated rings. The van der Waals surface area contributed by atoms with E-state index in [0.29, 0.717) is 60.1 Å². The van der Waals surface area contributed by atoms with E-state index in [1.54, 1.807) is 24.3 Å². The number of primary amides is 1. The van der Waals surface area contributed by atoms with Crippen molar-refractivity contribution in [3.63, 3.8) is 0 Å². The van der Waals surface area contributed by atoms with Gasteiger partial charge >= 0.3 is 7.12 Å². The monoisotopic (exact) mass is 511 g/mol. The third-order valence-electron chi connectivity index (χ3n) is 6.98. The van der Waals surface area contributed by atoms with Crippen molar-refractivity contribution in [2.24, 2.45) is 17.4 Å². The largest absolute Gasteiger partial charge is 0.490 e. The molecule has 7 N–H and O–H groups in total. The number of carbonyl (C=O) groups is 1. The van der Waals surface area contributed by atoms with E-state index in [4.69, 9.17) is 26.2 Å². The number of nitrogens with two attached hydrogens (primary N) is 2. The molecular weight excluding hydrogens is 481 g/mol. The summed E-state index contributed by atoms with van der Waals surface area (Å²) in [6, 6.07) is 18.4. The normalized spacial score (nSPS) is 16.3. The first-order chi connectivity index (χ1) is 18.4. The predicted molar refractivity (Wildman–Crippen MR) is 147 cm³/mol. The van der Waals surface area contributed by atoms with Crippen molar-refractivity contribution in [2.75, 3.05) is 18.5 Å². The van der Waals surface area contributed by atoms with Crippen LogP contribution in [0.1, 0.15) is 45.7 Å². The summed E-state index contributed by atoms with van der Waals surface area (Å²) < 4.78 is 5.93. The second kappa shape index (κ2) is 10.8. The predicted octanol–water partition coefficient (Wildman–Crippen LogP) is 1.68. The smallest absolute Gasteiger partial charge is 0.488 e. The van der Waals surface area contributed by atoms with Crippen molar-refractivity contribution in [3.05, 3.63) is 88.7 Å². The number of ether oxygens (including phenoxy) is 1. The first-order valence-electron chi connectivity index (χ1n) is 12.6. The summed E-state index contributed by atoms with van der Waals surface area (Å²) in [6.45, 7) is 3.25. The Morgan fingerprint density at radius 1 is 1.13 bits per heavy atom. The van der Waals surface area contributed by atoms with Crippen LogP contribution in [-0.2, 0) is 13.0 Å². The van der Waals surface area contributed by atoms with Gasteiger partial charge in [-0.2, -0.15) is 0 Å². The lowest BCUT2D eigenvalue weighted by atomic mass is 9.80. The van der Waals surface area contributed by atoms with Crippen molar-refractivity contribution in [3.8, 4) is 5.75 Å². The van der Waals surface area contributed by atoms with Crippen LogP contribution < -0.4 is 27.0 Å². The van der Waals surface area contributed by atoms with Gasteiger partial charge in [0.1, 0.15) is 29.5 Å². The van der Waals surface area contributed by atoms with Crippen LogP contribution in [0.15, 0.2) is 60.7 Å². The highest BCUT2D eigenvalue weighted by Gasteiger charge is 2.35. The fourth-order valence-electron chi connectivity index (χ4n) is 5.25. The fraction of sp³-hybridized carbons (Fsp3) is 0.250. The molecule has 194 valence electrons. The number of aromatic nitrogens is 2. The van der Waals surface area contributed by atoms with Crippen LogP contribution in [0.5, 0.6) is 5.75 Å². The van der Waals surface area contributed by atoms with E-state index in [-0.39, 0.29) is 11.8 Å². The van der Waals surface area contributed by atoms with Gasteiger partial charge in [-0.05, 0) is 52.7 Å². The number of hydrogen-bond acceptors (Lipinski definition) is 8. The molecule has 9 nitrogen and oxygen atoms in total. The zero-order valence-corrected chi connectivity index (χ0v) is 21.1. The zero-order chi connectivity index (χ0) is 26.8. The minimum Gasteiger partial charge on any atom is -0.490 e. The van der Waals surface area contributed by atoms with E-state index in [0.717, 1.165) is 22.1 Å². The number of anilines is 1. The summed E-state index contributed by atoms with van der Waals surface area (Å²) >= 11 is 0. The number of carbonyl (C=O) groups excluding carboxylic acids is 1. The van der Waals surface area contributed by atoms with Gasteiger partial charge in [0, 0.05) is 30.0 Å². The van der Waals surface area contributed by atoms with E-state index >= 15 is 0 Å². The lowest BCUT2D eigenvalue weighted by Crippen LogP contribution is -2.30. The number of para-hydroxylation sites is 1. The summed E-state index contributed by atoms with van der Waals surface area (Å²) in [5.74, 6) is 1.44.